The van der Waals surface area contributed by atoms with Crippen LogP contribution < -0.4 is 9.47 Å². The van der Waals surface area contributed by atoms with Gasteiger partial charge in [-0.1, -0.05) is 30.3 Å². The Morgan fingerprint density at radius 2 is 0.939 bits per heavy atom. The molecule has 4 aromatic rings. The summed E-state index contributed by atoms with van der Waals surface area (Å²) >= 11 is 1.79. The van der Waals surface area contributed by atoms with Crippen molar-refractivity contribution in [2.75, 3.05) is 14.2 Å². The number of hydrogen-bond donors (Lipinski definition) is 0. The van der Waals surface area contributed by atoms with Gasteiger partial charge in [-0.2, -0.15) is 0 Å². The van der Waals surface area contributed by atoms with Crippen molar-refractivity contribution in [2.24, 2.45) is 0 Å². The average Bonchev–Trinajstić information content (AvgIpc) is 2.83. The van der Waals surface area contributed by atoms with Crippen molar-refractivity contribution in [3.63, 3.8) is 0 Å². The van der Waals surface area contributed by atoms with Crippen LogP contribution >= 0.6 is 11.3 Å². The van der Waals surface area contributed by atoms with Crippen LogP contribution in [0.15, 0.2) is 91.0 Å². The quantitative estimate of drug-likeness (QED) is 0.165. The largest absolute Gasteiger partial charge is 0.673 e. The van der Waals surface area contributed by atoms with Crippen molar-refractivity contribution < 1.29 is 26.7 Å². The molecule has 33 heavy (non-hydrogen) atoms. The standard InChI is InChI=1S/C25H21O2S.BF4/c1-26-22-12-8-18(9-13-22)21-16-24(19-6-4-3-5-7-19)28-25(17-21)20-10-14-23(27-2)15-11-20;2-1(3,4)5/h3-17H,1-2H3;/q+1;-1. The zero-order valence-electron chi connectivity index (χ0n) is 18.0. The molecule has 0 fully saturated rings. The van der Waals surface area contributed by atoms with E-state index < -0.39 is 7.25 Å². The van der Waals surface area contributed by atoms with Gasteiger partial charge < -0.3 is 26.7 Å². The van der Waals surface area contributed by atoms with E-state index in [9.17, 15) is 17.3 Å². The van der Waals surface area contributed by atoms with Crippen LogP contribution in [-0.4, -0.2) is 21.5 Å². The second kappa shape index (κ2) is 11.0. The fourth-order valence-corrected chi connectivity index (χ4v) is 4.21. The summed E-state index contributed by atoms with van der Waals surface area (Å²) in [6.07, 6.45) is 0. The van der Waals surface area contributed by atoms with Gasteiger partial charge in [0.2, 0.25) is 21.1 Å². The maximum absolute atomic E-state index is 9.75. The number of hydrogen-bond acceptors (Lipinski definition) is 2. The summed E-state index contributed by atoms with van der Waals surface area (Å²) in [5, 5.41) is 0. The summed E-state index contributed by atoms with van der Waals surface area (Å²) in [7, 11) is -2.62. The molecule has 0 aliphatic heterocycles. The van der Waals surface area contributed by atoms with Crippen molar-refractivity contribution in [3.8, 4) is 43.5 Å². The van der Waals surface area contributed by atoms with Crippen LogP contribution in [0.2, 0.25) is 0 Å². The average molecular weight is 472 g/mol. The number of benzene rings is 3. The molecule has 0 N–H and O–H groups in total. The van der Waals surface area contributed by atoms with Gasteiger partial charge >= 0.3 is 7.25 Å². The molecular weight excluding hydrogens is 451 g/mol. The van der Waals surface area contributed by atoms with E-state index in [1.165, 1.54) is 32.0 Å². The van der Waals surface area contributed by atoms with E-state index in [0.29, 0.717) is 0 Å². The highest BCUT2D eigenvalue weighted by Gasteiger charge is 2.21. The highest BCUT2D eigenvalue weighted by atomic mass is 32.1. The molecule has 0 amide bonds. The molecule has 0 saturated carbocycles. The third-order valence-corrected chi connectivity index (χ3v) is 5.80. The summed E-state index contributed by atoms with van der Waals surface area (Å²) in [4.78, 5) is 2.45. The molecule has 0 unspecified atom stereocenters. The molecule has 170 valence electrons. The lowest BCUT2D eigenvalue weighted by Gasteiger charge is -2.05. The van der Waals surface area contributed by atoms with Crippen LogP contribution in [0.25, 0.3) is 32.0 Å². The minimum absolute atomic E-state index is 0.862. The van der Waals surface area contributed by atoms with E-state index in [-0.39, 0.29) is 0 Å². The monoisotopic (exact) mass is 472 g/mol. The smallest absolute Gasteiger partial charge is 0.497 e. The van der Waals surface area contributed by atoms with Crippen molar-refractivity contribution in [1.82, 2.24) is 0 Å². The highest BCUT2D eigenvalue weighted by molar-refractivity contribution is 7.18. The molecule has 0 aliphatic rings. The van der Waals surface area contributed by atoms with Gasteiger partial charge in [0, 0.05) is 23.3 Å². The first-order chi connectivity index (χ1) is 15.8. The minimum Gasteiger partial charge on any atom is -0.497 e. The molecule has 0 bridgehead atoms. The highest BCUT2D eigenvalue weighted by Crippen LogP contribution is 2.38. The van der Waals surface area contributed by atoms with Crippen LogP contribution in [0, 0.1) is 0 Å². The first kappa shape index (κ1) is 24.3. The molecule has 0 radical (unpaired) electrons. The number of methoxy groups -OCH3 is 2. The van der Waals surface area contributed by atoms with Crippen molar-refractivity contribution in [2.45, 2.75) is 0 Å². The zero-order chi connectivity index (χ0) is 23.8. The second-order valence-corrected chi connectivity index (χ2v) is 7.98. The third-order valence-electron chi connectivity index (χ3n) is 4.65. The van der Waals surface area contributed by atoms with Crippen molar-refractivity contribution >= 4 is 18.6 Å². The van der Waals surface area contributed by atoms with Crippen LogP contribution in [0.4, 0.5) is 17.3 Å². The number of halogens is 4. The number of ether oxygens (including phenoxy) is 2. The molecule has 0 aliphatic carbocycles. The molecule has 8 heteroatoms. The van der Waals surface area contributed by atoms with Gasteiger partial charge in [-0.05, 0) is 59.7 Å². The summed E-state index contributed by atoms with van der Waals surface area (Å²) in [5.41, 5.74) is 4.75. The Bertz CT molecular complexity index is 1090. The van der Waals surface area contributed by atoms with Crippen molar-refractivity contribution in [1.29, 1.82) is 0 Å². The molecule has 2 nitrogen and oxygen atoms in total. The Balaban J connectivity index is 0.000000555. The van der Waals surface area contributed by atoms with Gasteiger partial charge in [0.25, 0.3) is 0 Å². The molecule has 4 rings (SSSR count). The maximum Gasteiger partial charge on any atom is 0.673 e. The predicted molar refractivity (Wildman–Crippen MR) is 128 cm³/mol. The van der Waals surface area contributed by atoms with Crippen LogP contribution in [-0.2, 0) is 0 Å². The summed E-state index contributed by atoms with van der Waals surface area (Å²) < 4.78 is 49.6. The predicted octanol–water partition coefficient (Wildman–Crippen LogP) is 8.35. The van der Waals surface area contributed by atoms with Gasteiger partial charge in [0.1, 0.15) is 11.5 Å². The van der Waals surface area contributed by atoms with Crippen LogP contribution in [0.5, 0.6) is 11.5 Å². The van der Waals surface area contributed by atoms with Crippen LogP contribution in [0.3, 0.4) is 0 Å². The molecule has 0 atom stereocenters. The first-order valence-corrected chi connectivity index (χ1v) is 10.8. The third kappa shape index (κ3) is 7.32. The van der Waals surface area contributed by atoms with Gasteiger partial charge in [0.15, 0.2) is 0 Å². The molecular formula is C25H21BF4O2S. The zero-order valence-corrected chi connectivity index (χ0v) is 18.8. The fraction of sp³-hybridized carbons (Fsp3) is 0.0800. The van der Waals surface area contributed by atoms with Gasteiger partial charge in [-0.3, -0.25) is 0 Å². The number of rotatable bonds is 5. The minimum atomic E-state index is -6.00. The van der Waals surface area contributed by atoms with E-state index >= 15 is 0 Å². The molecule has 1 heterocycles. The van der Waals surface area contributed by atoms with Gasteiger partial charge in [-0.15, -0.1) is 0 Å². The summed E-state index contributed by atoms with van der Waals surface area (Å²) in [5.74, 6) is 1.73. The van der Waals surface area contributed by atoms with E-state index in [1.54, 1.807) is 25.6 Å². The van der Waals surface area contributed by atoms with E-state index in [1.807, 2.05) is 30.3 Å². The Kier molecular flexibility index (Phi) is 8.06. The Morgan fingerprint density at radius 3 is 1.36 bits per heavy atom. The van der Waals surface area contributed by atoms with E-state index in [4.69, 9.17) is 9.47 Å². The van der Waals surface area contributed by atoms with Gasteiger partial charge in [0.05, 0.1) is 14.2 Å². The van der Waals surface area contributed by atoms with E-state index in [0.717, 1.165) is 11.5 Å². The lowest BCUT2D eigenvalue weighted by atomic mass is 10.0. The molecule has 3 aromatic carbocycles. The topological polar surface area (TPSA) is 18.5 Å². The van der Waals surface area contributed by atoms with Crippen LogP contribution in [0.1, 0.15) is 0 Å². The Hall–Kier alpha value is -3.39. The second-order valence-electron chi connectivity index (χ2n) is 6.89. The summed E-state index contributed by atoms with van der Waals surface area (Å²) in [6, 6.07) is 31.5. The van der Waals surface area contributed by atoms with E-state index in [2.05, 4.69) is 60.7 Å². The molecule has 1 aromatic heterocycles. The first-order valence-electron chi connectivity index (χ1n) is 9.96. The van der Waals surface area contributed by atoms with Gasteiger partial charge in [-0.25, -0.2) is 0 Å². The Labute approximate surface area is 194 Å². The summed E-state index contributed by atoms with van der Waals surface area (Å²) in [6.45, 7) is 0. The lowest BCUT2D eigenvalue weighted by Crippen LogP contribution is -2.02. The fourth-order valence-electron chi connectivity index (χ4n) is 3.09. The SMILES string of the molecule is COc1ccc(-c2cc(-c3ccccc3)[s+]c(-c3ccc(OC)cc3)c2)cc1.F[B-](F)(F)F. The molecule has 0 spiro atoms. The molecule has 0 saturated heterocycles. The Morgan fingerprint density at radius 1 is 0.545 bits per heavy atom. The lowest BCUT2D eigenvalue weighted by molar-refractivity contribution is 0.368. The normalized spacial score (nSPS) is 10.7. The maximum atomic E-state index is 9.75. The van der Waals surface area contributed by atoms with Crippen molar-refractivity contribution in [3.05, 3.63) is 91.0 Å².